The van der Waals surface area contributed by atoms with Gasteiger partial charge in [-0.05, 0) is 42.7 Å². The van der Waals surface area contributed by atoms with Gasteiger partial charge in [0.1, 0.15) is 0 Å². The van der Waals surface area contributed by atoms with E-state index in [0.29, 0.717) is 17.6 Å². The molecule has 1 fully saturated rings. The fourth-order valence-corrected chi connectivity index (χ4v) is 6.65. The number of aromatic nitrogens is 4. The second kappa shape index (κ2) is 8.71. The Kier molecular flexibility index (Phi) is 6.93. The number of hydrogen-bond acceptors (Lipinski definition) is 6. The first-order chi connectivity index (χ1) is 15.0. The third kappa shape index (κ3) is 4.91. The van der Waals surface area contributed by atoms with Gasteiger partial charge in [-0.15, -0.1) is 0 Å². The van der Waals surface area contributed by atoms with Crippen molar-refractivity contribution in [3.63, 3.8) is 0 Å². The van der Waals surface area contributed by atoms with E-state index in [1.165, 1.54) is 6.33 Å². The number of rotatable bonds is 6. The number of nitrogens with zero attached hydrogens (tertiary/aromatic N) is 3. The minimum Gasteiger partial charge on any atom is -0.411 e. The summed E-state index contributed by atoms with van der Waals surface area (Å²) in [6.07, 6.45) is 3.26. The Morgan fingerprint density at radius 2 is 1.58 bits per heavy atom. The van der Waals surface area contributed by atoms with Crippen molar-refractivity contribution in [1.29, 1.82) is 0 Å². The summed E-state index contributed by atoms with van der Waals surface area (Å²) in [5, 5.41) is 10.4. The van der Waals surface area contributed by atoms with Crippen molar-refractivity contribution in [2.75, 3.05) is 6.61 Å². The Bertz CT molecular complexity index is 1040. The van der Waals surface area contributed by atoms with Crippen molar-refractivity contribution in [1.82, 2.24) is 19.5 Å². The van der Waals surface area contributed by atoms with E-state index in [9.17, 15) is 9.90 Å². The van der Waals surface area contributed by atoms with Crippen LogP contribution in [-0.4, -0.2) is 60.1 Å². The maximum Gasteiger partial charge on any atom is 0.278 e. The van der Waals surface area contributed by atoms with Crippen LogP contribution in [0.15, 0.2) is 17.4 Å². The molecule has 3 rings (SSSR count). The highest BCUT2D eigenvalue weighted by atomic mass is 28.4. The average Bonchev–Trinajstić information content (AvgIpc) is 3.22. The van der Waals surface area contributed by atoms with Gasteiger partial charge in [0.05, 0.1) is 30.9 Å². The fraction of sp³-hybridized carbons (Fsp3) is 0.783. The summed E-state index contributed by atoms with van der Waals surface area (Å²) < 4.78 is 16.0. The summed E-state index contributed by atoms with van der Waals surface area (Å²) in [4.78, 5) is 23.6. The zero-order chi connectivity index (χ0) is 25.0. The third-order valence-corrected chi connectivity index (χ3v) is 17.1. The molecule has 0 aliphatic heterocycles. The minimum absolute atomic E-state index is 0.0166. The second-order valence-electron chi connectivity index (χ2n) is 12.5. The first-order valence-electron chi connectivity index (χ1n) is 11.9. The van der Waals surface area contributed by atoms with Gasteiger partial charge in [-0.3, -0.25) is 4.79 Å². The van der Waals surface area contributed by atoms with Gasteiger partial charge in [0.2, 0.25) is 0 Å². The number of aliphatic hydroxyl groups is 1. The predicted molar refractivity (Wildman–Crippen MR) is 137 cm³/mol. The van der Waals surface area contributed by atoms with Crippen molar-refractivity contribution in [2.45, 2.75) is 102 Å². The van der Waals surface area contributed by atoms with E-state index in [-0.39, 0.29) is 46.4 Å². The van der Waals surface area contributed by atoms with Crippen molar-refractivity contribution in [2.24, 2.45) is 5.92 Å². The largest absolute Gasteiger partial charge is 0.411 e. The molecule has 0 spiro atoms. The molecule has 4 atom stereocenters. The molecule has 186 valence electrons. The van der Waals surface area contributed by atoms with E-state index >= 15 is 0 Å². The zero-order valence-corrected chi connectivity index (χ0v) is 23.9. The maximum atomic E-state index is 12.3. The van der Waals surface area contributed by atoms with Crippen molar-refractivity contribution in [3.05, 3.63) is 23.0 Å². The number of hydrogen-bond donors (Lipinski definition) is 2. The normalized spacial score (nSPS) is 25.2. The SMILES string of the molecule is CC(C)(C)[Si](C)(C)O[C@@H]1[C@@H](CO)C[C@@H](n2cnc3c(=O)[nH]cnc32)[C@@H]1O[Si](C)(C)C(C)(C)C. The summed E-state index contributed by atoms with van der Waals surface area (Å²) in [5.74, 6) is -0.0710. The van der Waals surface area contributed by atoms with Gasteiger partial charge in [-0.25, -0.2) is 9.97 Å². The summed E-state index contributed by atoms with van der Waals surface area (Å²) in [6, 6.07) is -0.134. The molecular weight excluding hydrogens is 452 g/mol. The Labute approximate surface area is 199 Å². The van der Waals surface area contributed by atoms with Gasteiger partial charge in [0.25, 0.3) is 5.56 Å². The number of nitrogens with one attached hydrogen (secondary N) is 1. The molecule has 2 aromatic heterocycles. The summed E-state index contributed by atoms with van der Waals surface area (Å²) in [6.45, 7) is 22.3. The van der Waals surface area contributed by atoms with Gasteiger partial charge >= 0.3 is 0 Å². The molecule has 2 heterocycles. The molecule has 8 nitrogen and oxygen atoms in total. The van der Waals surface area contributed by atoms with Gasteiger partial charge in [-0.2, -0.15) is 0 Å². The fourth-order valence-electron chi connectivity index (χ4n) is 3.96. The molecule has 2 N–H and O–H groups in total. The van der Waals surface area contributed by atoms with Crippen LogP contribution in [0.1, 0.15) is 54.0 Å². The number of H-pyrrole nitrogens is 1. The van der Waals surface area contributed by atoms with Crippen LogP contribution >= 0.6 is 0 Å². The molecule has 33 heavy (non-hydrogen) atoms. The lowest BCUT2D eigenvalue weighted by molar-refractivity contribution is 0.0110. The smallest absolute Gasteiger partial charge is 0.278 e. The standard InChI is InChI=1S/C23H42N4O4Si2/c1-22(2,3)32(7,8)30-18-15(12-28)11-16(19(18)31-33(9,10)23(4,5)6)27-14-26-17-20(27)24-13-25-21(17)29/h13-16,18-19,28H,11-12H2,1-10H3,(H,24,25,29)/t15-,16-,18-,19+/m1/s1. The highest BCUT2D eigenvalue weighted by Gasteiger charge is 2.53. The van der Waals surface area contributed by atoms with Crippen LogP contribution in [-0.2, 0) is 8.85 Å². The van der Waals surface area contributed by atoms with Crippen LogP contribution in [0, 0.1) is 5.92 Å². The summed E-state index contributed by atoms with van der Waals surface area (Å²) in [5.41, 5.74) is 0.599. The highest BCUT2D eigenvalue weighted by molar-refractivity contribution is 6.74. The lowest BCUT2D eigenvalue weighted by Crippen LogP contribution is -2.53. The lowest BCUT2D eigenvalue weighted by Gasteiger charge is -2.45. The molecule has 1 aliphatic carbocycles. The summed E-state index contributed by atoms with van der Waals surface area (Å²) >= 11 is 0. The lowest BCUT2D eigenvalue weighted by atomic mass is 10.1. The molecule has 2 aromatic rings. The van der Waals surface area contributed by atoms with Crippen molar-refractivity contribution in [3.8, 4) is 0 Å². The van der Waals surface area contributed by atoms with E-state index < -0.39 is 16.6 Å². The first-order valence-corrected chi connectivity index (χ1v) is 17.7. The zero-order valence-electron chi connectivity index (χ0n) is 21.9. The topological polar surface area (TPSA) is 102 Å². The molecule has 0 unspecified atom stereocenters. The molecule has 1 saturated carbocycles. The van der Waals surface area contributed by atoms with Crippen LogP contribution < -0.4 is 5.56 Å². The van der Waals surface area contributed by atoms with Crippen molar-refractivity contribution >= 4 is 27.8 Å². The van der Waals surface area contributed by atoms with E-state index in [0.717, 1.165) is 0 Å². The van der Waals surface area contributed by atoms with Gasteiger partial charge in [0, 0.05) is 12.5 Å². The van der Waals surface area contributed by atoms with Crippen LogP contribution in [0.25, 0.3) is 11.2 Å². The number of imidazole rings is 1. The van der Waals surface area contributed by atoms with Gasteiger partial charge < -0.3 is 23.5 Å². The highest BCUT2D eigenvalue weighted by Crippen LogP contribution is 2.48. The Morgan fingerprint density at radius 1 is 1.03 bits per heavy atom. The Hall–Kier alpha value is -1.34. The van der Waals surface area contributed by atoms with Crippen LogP contribution in [0.2, 0.25) is 36.3 Å². The maximum absolute atomic E-state index is 12.3. The quantitative estimate of drug-likeness (QED) is 0.575. The number of aliphatic hydroxyl groups excluding tert-OH is 1. The van der Waals surface area contributed by atoms with Crippen LogP contribution in [0.4, 0.5) is 0 Å². The van der Waals surface area contributed by atoms with E-state index in [1.54, 1.807) is 6.33 Å². The molecule has 10 heteroatoms. The Balaban J connectivity index is 2.11. The number of aromatic amines is 1. The Morgan fingerprint density at radius 3 is 2.09 bits per heavy atom. The molecule has 0 aromatic carbocycles. The predicted octanol–water partition coefficient (Wildman–Crippen LogP) is 4.45. The minimum atomic E-state index is -2.18. The number of fused-ring (bicyclic) bond motifs is 1. The van der Waals surface area contributed by atoms with Crippen LogP contribution in [0.5, 0.6) is 0 Å². The molecule has 1 aliphatic rings. The van der Waals surface area contributed by atoms with Crippen molar-refractivity contribution < 1.29 is 14.0 Å². The summed E-state index contributed by atoms with van der Waals surface area (Å²) in [7, 11) is -4.32. The molecular formula is C23H42N4O4Si2. The monoisotopic (exact) mass is 494 g/mol. The van der Waals surface area contributed by atoms with Gasteiger partial charge in [-0.1, -0.05) is 41.5 Å². The molecule has 0 saturated heterocycles. The van der Waals surface area contributed by atoms with E-state index in [2.05, 4.69) is 82.7 Å². The van der Waals surface area contributed by atoms with E-state index in [4.69, 9.17) is 8.85 Å². The van der Waals surface area contributed by atoms with E-state index in [1.807, 2.05) is 4.57 Å². The molecule has 0 amide bonds. The van der Waals surface area contributed by atoms with Gasteiger partial charge in [0.15, 0.2) is 27.8 Å². The molecule has 0 radical (unpaired) electrons. The second-order valence-corrected chi connectivity index (χ2v) is 22.0. The first kappa shape index (κ1) is 26.3. The van der Waals surface area contributed by atoms with Crippen LogP contribution in [0.3, 0.4) is 0 Å². The molecule has 0 bridgehead atoms. The average molecular weight is 495 g/mol. The third-order valence-electron chi connectivity index (χ3n) is 8.14.